The van der Waals surface area contributed by atoms with Gasteiger partial charge in [-0.05, 0) is 0 Å². The molecule has 0 saturated heterocycles. The number of hydrogen-bond donors (Lipinski definition) is 0. The molecular weight excluding hydrogens is 551 g/mol. The average molecular weight is 579 g/mol. The van der Waals surface area contributed by atoms with Gasteiger partial charge < -0.3 is 24.8 Å². The maximum Gasteiger partial charge on any atom is -1.00 e. The number of halogens is 2. The minimum Gasteiger partial charge on any atom is -1.00 e. The minimum absolute atomic E-state index is 0. The Bertz CT molecular complexity index is 1300. The molecule has 0 nitrogen and oxygen atoms in total. The second kappa shape index (κ2) is 10.7. The van der Waals surface area contributed by atoms with Crippen molar-refractivity contribution in [2.24, 2.45) is 0 Å². The minimum atomic E-state index is -2.09. The zero-order chi connectivity index (χ0) is 21.7. The van der Waals surface area contributed by atoms with Gasteiger partial charge in [0.1, 0.15) is 0 Å². The summed E-state index contributed by atoms with van der Waals surface area (Å²) in [4.78, 5) is 0. The molecule has 4 aromatic rings. The van der Waals surface area contributed by atoms with Crippen LogP contribution in [0.15, 0.2) is 84.9 Å². The molecule has 0 radical (unpaired) electrons. The van der Waals surface area contributed by atoms with Crippen LogP contribution in [0.3, 0.4) is 0 Å². The first kappa shape index (κ1) is 25.6. The van der Waals surface area contributed by atoms with Crippen molar-refractivity contribution in [3.63, 3.8) is 0 Å². The molecule has 0 heterocycles. The summed E-state index contributed by atoms with van der Waals surface area (Å²) in [6, 6.07) is 35.5. The fourth-order valence-corrected chi connectivity index (χ4v) is 26.1. The fraction of sp³-hybridized carbons (Fsp3) is 0.200. The van der Waals surface area contributed by atoms with Gasteiger partial charge in [-0.2, -0.15) is 0 Å². The average Bonchev–Trinajstić information content (AvgIpc) is 3.41. The van der Waals surface area contributed by atoms with Gasteiger partial charge in [-0.25, -0.2) is 0 Å². The first-order chi connectivity index (χ1) is 15.8. The SMILES string of the molecule is CC[Si](CC)=[Zr+2]([c]1cccc2c1Cc1ccccc1-2)[c]1cccc2c1Cc1ccccc1-2.[Cl-].[Cl-]. The first-order valence-corrected chi connectivity index (χ1v) is 20.0. The molecule has 0 amide bonds. The molecule has 170 valence electrons. The molecule has 0 saturated carbocycles. The third-order valence-corrected chi connectivity index (χ3v) is 28.4. The van der Waals surface area contributed by atoms with Crippen molar-refractivity contribution in [3.8, 4) is 22.3 Å². The monoisotopic (exact) mass is 576 g/mol. The summed E-state index contributed by atoms with van der Waals surface area (Å²) in [5.74, 6) is 0. The van der Waals surface area contributed by atoms with E-state index in [0.29, 0.717) is 0 Å². The van der Waals surface area contributed by atoms with Crippen LogP contribution < -0.4 is 31.4 Å². The summed E-state index contributed by atoms with van der Waals surface area (Å²) in [6.07, 6.45) is 2.26. The molecule has 0 N–H and O–H groups in total. The van der Waals surface area contributed by atoms with Crippen LogP contribution in [0, 0.1) is 0 Å². The van der Waals surface area contributed by atoms with Gasteiger partial charge in [0, 0.05) is 0 Å². The predicted octanol–water partition coefficient (Wildman–Crippen LogP) is 0.437. The van der Waals surface area contributed by atoms with Crippen LogP contribution >= 0.6 is 0 Å². The zero-order valence-electron chi connectivity index (χ0n) is 19.7. The van der Waals surface area contributed by atoms with E-state index in [4.69, 9.17) is 0 Å². The molecule has 0 aromatic heterocycles. The van der Waals surface area contributed by atoms with E-state index in [0.717, 1.165) is 12.8 Å². The molecular formula is C30H28Cl2SiZr. The van der Waals surface area contributed by atoms with Gasteiger partial charge >= 0.3 is 201 Å². The molecule has 4 heteroatoms. The van der Waals surface area contributed by atoms with Crippen molar-refractivity contribution >= 4 is 12.0 Å². The van der Waals surface area contributed by atoms with E-state index in [1.165, 1.54) is 45.5 Å². The molecule has 34 heavy (non-hydrogen) atoms. The van der Waals surface area contributed by atoms with Crippen molar-refractivity contribution in [3.05, 3.63) is 107 Å². The normalized spacial score (nSPS) is 11.7. The Labute approximate surface area is 223 Å². The van der Waals surface area contributed by atoms with Crippen LogP contribution in [0.5, 0.6) is 0 Å². The van der Waals surface area contributed by atoms with Gasteiger partial charge in [0.25, 0.3) is 0 Å². The Balaban J connectivity index is 0.00000137. The number of benzene rings is 4. The molecule has 4 aromatic carbocycles. The Morgan fingerprint density at radius 2 is 0.971 bits per heavy atom. The van der Waals surface area contributed by atoms with Gasteiger partial charge in [-0.1, -0.05) is 0 Å². The van der Waals surface area contributed by atoms with Crippen LogP contribution in [0.1, 0.15) is 36.1 Å². The van der Waals surface area contributed by atoms with Gasteiger partial charge in [0.05, 0.1) is 0 Å². The Morgan fingerprint density at radius 1 is 0.559 bits per heavy atom. The quantitative estimate of drug-likeness (QED) is 0.267. The third-order valence-electron chi connectivity index (χ3n) is 7.45. The molecule has 0 aliphatic heterocycles. The molecule has 0 spiro atoms. The van der Waals surface area contributed by atoms with E-state index in [1.54, 1.807) is 17.7 Å². The maximum absolute atomic E-state index is 2.54. The summed E-state index contributed by atoms with van der Waals surface area (Å²) < 4.78 is 3.59. The van der Waals surface area contributed by atoms with Crippen LogP contribution in [-0.4, -0.2) is 5.43 Å². The standard InChI is InChI=1S/2C13H9.C4H10Si.2ClH.Zr/c2*1-3-7-12-10(5-1)9-11-6-2-4-8-13(11)12;1-3-5-4-2;;;/h2*1-5,7-8H,9H2;3-4H2,1-2H3;2*1H;/q;;;;;+2/p-2. The second-order valence-electron chi connectivity index (χ2n) is 9.02. The van der Waals surface area contributed by atoms with E-state index >= 15 is 0 Å². The second-order valence-corrected chi connectivity index (χ2v) is 24.3. The molecule has 2 aliphatic rings. The summed E-state index contributed by atoms with van der Waals surface area (Å²) in [5, 5.41) is 0. The predicted molar refractivity (Wildman–Crippen MR) is 135 cm³/mol. The molecule has 6 rings (SSSR count). The maximum atomic E-state index is 2.54. The topological polar surface area (TPSA) is 0 Å². The van der Waals surface area contributed by atoms with Gasteiger partial charge in [-0.15, -0.1) is 0 Å². The van der Waals surface area contributed by atoms with Crippen LogP contribution in [0.4, 0.5) is 0 Å². The van der Waals surface area contributed by atoms with Crippen molar-refractivity contribution in [2.75, 3.05) is 0 Å². The smallest absolute Gasteiger partial charge is 1.00 e. The third kappa shape index (κ3) is 4.11. The van der Waals surface area contributed by atoms with Crippen molar-refractivity contribution in [1.29, 1.82) is 0 Å². The molecule has 2 aliphatic carbocycles. The summed E-state index contributed by atoms with van der Waals surface area (Å²) in [7, 11) is 0. The van der Waals surface area contributed by atoms with E-state index in [-0.39, 0.29) is 30.2 Å². The largest absolute Gasteiger partial charge is 1.00 e. The van der Waals surface area contributed by atoms with E-state index in [1.807, 2.05) is 0 Å². The van der Waals surface area contributed by atoms with Crippen LogP contribution in [0.25, 0.3) is 22.3 Å². The van der Waals surface area contributed by atoms with Crippen LogP contribution in [-0.2, 0) is 33.2 Å². The molecule has 0 bridgehead atoms. The first-order valence-electron chi connectivity index (χ1n) is 11.9. The molecule has 0 unspecified atom stereocenters. The Morgan fingerprint density at radius 3 is 1.41 bits per heavy atom. The van der Waals surface area contributed by atoms with Crippen molar-refractivity contribution in [2.45, 2.75) is 38.8 Å². The Hall–Kier alpha value is -1.44. The van der Waals surface area contributed by atoms with Gasteiger partial charge in [0.15, 0.2) is 0 Å². The Kier molecular flexibility index (Phi) is 8.05. The van der Waals surface area contributed by atoms with Crippen LogP contribution in [0.2, 0.25) is 12.1 Å². The van der Waals surface area contributed by atoms with Gasteiger partial charge in [0.2, 0.25) is 0 Å². The van der Waals surface area contributed by atoms with Gasteiger partial charge in [-0.3, -0.25) is 0 Å². The summed E-state index contributed by atoms with van der Waals surface area (Å²) in [6.45, 7) is 4.93. The molecule has 0 fully saturated rings. The van der Waals surface area contributed by atoms with E-state index < -0.39 is 20.4 Å². The summed E-state index contributed by atoms with van der Waals surface area (Å²) >= 11 is -2.09. The number of rotatable bonds is 4. The molecule has 0 atom stereocenters. The number of hydrogen-bond acceptors (Lipinski definition) is 0. The number of fused-ring (bicyclic) bond motifs is 6. The van der Waals surface area contributed by atoms with Crippen molar-refractivity contribution < 1.29 is 45.2 Å². The zero-order valence-corrected chi connectivity index (χ0v) is 24.6. The van der Waals surface area contributed by atoms with E-state index in [9.17, 15) is 0 Å². The fourth-order valence-electron chi connectivity index (χ4n) is 5.91. The summed E-state index contributed by atoms with van der Waals surface area (Å²) in [5.41, 5.74) is 12.0. The van der Waals surface area contributed by atoms with E-state index in [2.05, 4.69) is 98.8 Å². The van der Waals surface area contributed by atoms with Crippen molar-refractivity contribution in [1.82, 2.24) is 0 Å².